The van der Waals surface area contributed by atoms with E-state index in [4.69, 9.17) is 5.41 Å². The smallest absolute Gasteiger partial charge is 0.325 e. The first-order valence-electron chi connectivity index (χ1n) is 3.65. The molecule has 0 saturated carbocycles. The molecule has 0 atom stereocenters. The molecule has 0 aliphatic heterocycles. The number of amides is 2. The minimum atomic E-state index is -0.336. The van der Waals surface area contributed by atoms with Crippen LogP contribution < -0.4 is 5.32 Å². The minimum absolute atomic E-state index is 0.106. The van der Waals surface area contributed by atoms with Crippen molar-refractivity contribution in [3.63, 3.8) is 0 Å². The lowest BCUT2D eigenvalue weighted by Crippen LogP contribution is -2.44. The van der Waals surface area contributed by atoms with Crippen LogP contribution in [0.1, 0.15) is 13.8 Å². The third-order valence-electron chi connectivity index (χ3n) is 1.52. The van der Waals surface area contributed by atoms with Crippen molar-refractivity contribution in [3.8, 4) is 0 Å². The second-order valence-corrected chi connectivity index (χ2v) is 2.67. The van der Waals surface area contributed by atoms with Crippen LogP contribution in [0.2, 0.25) is 0 Å². The van der Waals surface area contributed by atoms with Gasteiger partial charge in [0.15, 0.2) is 0 Å². The highest BCUT2D eigenvalue weighted by molar-refractivity contribution is 5.91. The minimum Gasteiger partial charge on any atom is -0.468 e. The van der Waals surface area contributed by atoms with Crippen LogP contribution in [-0.4, -0.2) is 37.2 Å². The summed E-state index contributed by atoms with van der Waals surface area (Å²) in [5.74, 6) is 0. The predicted molar refractivity (Wildman–Crippen MR) is 46.2 cm³/mol. The Balaban J connectivity index is 3.96. The quantitative estimate of drug-likeness (QED) is 0.451. The molecule has 0 aliphatic carbocycles. The number of ether oxygens (including phenoxy) is 1. The van der Waals surface area contributed by atoms with Gasteiger partial charge in [-0.25, -0.2) is 4.79 Å². The van der Waals surface area contributed by atoms with Gasteiger partial charge in [0, 0.05) is 13.1 Å². The Morgan fingerprint density at radius 3 is 2.42 bits per heavy atom. The van der Waals surface area contributed by atoms with E-state index in [1.54, 1.807) is 7.05 Å². The number of amidine groups is 1. The molecular weight excluding hydrogens is 158 g/mol. The largest absolute Gasteiger partial charge is 0.468 e. The number of methoxy groups -OCH3 is 1. The molecular formula is C7H15N3O2. The third-order valence-corrected chi connectivity index (χ3v) is 1.52. The second-order valence-electron chi connectivity index (χ2n) is 2.67. The van der Waals surface area contributed by atoms with E-state index in [2.05, 4.69) is 10.1 Å². The Morgan fingerprint density at radius 1 is 1.58 bits per heavy atom. The lowest BCUT2D eigenvalue weighted by Gasteiger charge is -2.21. The Hall–Kier alpha value is -1.26. The summed E-state index contributed by atoms with van der Waals surface area (Å²) in [6.45, 7) is 3.77. The molecule has 0 aromatic heterocycles. The molecule has 2 N–H and O–H groups in total. The van der Waals surface area contributed by atoms with Gasteiger partial charge in [-0.2, -0.15) is 0 Å². The maximum atomic E-state index is 11.1. The van der Waals surface area contributed by atoms with E-state index >= 15 is 0 Å². The number of carbonyl (C=O) groups is 1. The molecule has 2 amide bonds. The average Bonchev–Trinajstić information content (AvgIpc) is 2.02. The van der Waals surface area contributed by atoms with Crippen LogP contribution in [0.5, 0.6) is 0 Å². The molecule has 0 radical (unpaired) electrons. The summed E-state index contributed by atoms with van der Waals surface area (Å²) in [6.07, 6.45) is 0. The fourth-order valence-corrected chi connectivity index (χ4v) is 0.471. The van der Waals surface area contributed by atoms with Gasteiger partial charge < -0.3 is 9.64 Å². The molecule has 0 heterocycles. The van der Waals surface area contributed by atoms with Crippen molar-refractivity contribution in [1.29, 1.82) is 5.41 Å². The normalized spacial score (nSPS) is 9.42. The lowest BCUT2D eigenvalue weighted by molar-refractivity contribution is 0.200. The zero-order valence-corrected chi connectivity index (χ0v) is 7.84. The number of hydrogen-bond donors (Lipinski definition) is 2. The summed E-state index contributed by atoms with van der Waals surface area (Å²) >= 11 is 0. The molecule has 0 fully saturated rings. The number of carbonyl (C=O) groups excluding carboxylic acids is 1. The molecule has 0 saturated heterocycles. The van der Waals surface area contributed by atoms with Gasteiger partial charge in [-0.3, -0.25) is 10.7 Å². The van der Waals surface area contributed by atoms with E-state index < -0.39 is 0 Å². The SMILES string of the molecule is COC(=N)NC(=O)N(C)C(C)C. The average molecular weight is 173 g/mol. The summed E-state index contributed by atoms with van der Waals surface area (Å²) in [5.41, 5.74) is 0. The number of nitrogens with zero attached hydrogens (tertiary/aromatic N) is 1. The zero-order chi connectivity index (χ0) is 9.72. The Bertz CT molecular complexity index is 179. The Morgan fingerprint density at radius 2 is 2.08 bits per heavy atom. The second kappa shape index (κ2) is 4.58. The fraction of sp³-hybridized carbons (Fsp3) is 0.714. The number of rotatable bonds is 1. The van der Waals surface area contributed by atoms with Crippen LogP contribution in [0.4, 0.5) is 4.79 Å². The van der Waals surface area contributed by atoms with Gasteiger partial charge in [-0.15, -0.1) is 0 Å². The zero-order valence-electron chi connectivity index (χ0n) is 7.84. The summed E-state index contributed by atoms with van der Waals surface area (Å²) < 4.78 is 4.48. The molecule has 0 bridgehead atoms. The first-order valence-corrected chi connectivity index (χ1v) is 3.65. The molecule has 0 unspecified atom stereocenters. The van der Waals surface area contributed by atoms with Crippen molar-refractivity contribution in [2.24, 2.45) is 0 Å². The topological polar surface area (TPSA) is 65.4 Å². The maximum absolute atomic E-state index is 11.1. The van der Waals surface area contributed by atoms with Crippen LogP contribution in [-0.2, 0) is 4.74 Å². The molecule has 12 heavy (non-hydrogen) atoms. The maximum Gasteiger partial charge on any atom is 0.325 e. The molecule has 70 valence electrons. The van der Waals surface area contributed by atoms with Gasteiger partial charge in [-0.05, 0) is 13.8 Å². The van der Waals surface area contributed by atoms with Gasteiger partial charge in [0.25, 0.3) is 6.02 Å². The van der Waals surface area contributed by atoms with E-state index in [1.807, 2.05) is 13.8 Å². The molecule has 0 aromatic carbocycles. The van der Waals surface area contributed by atoms with Crippen LogP contribution in [0.25, 0.3) is 0 Å². The van der Waals surface area contributed by atoms with Gasteiger partial charge in [0.1, 0.15) is 0 Å². The standard InChI is InChI=1S/C7H15N3O2/c1-5(2)10(3)7(11)9-6(8)12-4/h5H,1-4H3,(H2,8,9,11). The molecule has 5 heteroatoms. The van der Waals surface area contributed by atoms with Crippen LogP contribution >= 0.6 is 0 Å². The highest BCUT2D eigenvalue weighted by Crippen LogP contribution is 1.93. The van der Waals surface area contributed by atoms with Gasteiger partial charge in [0.05, 0.1) is 7.11 Å². The van der Waals surface area contributed by atoms with E-state index in [-0.39, 0.29) is 18.1 Å². The molecule has 0 spiro atoms. The van der Waals surface area contributed by atoms with Crippen molar-refractivity contribution < 1.29 is 9.53 Å². The van der Waals surface area contributed by atoms with E-state index in [9.17, 15) is 4.79 Å². The number of urea groups is 1. The van der Waals surface area contributed by atoms with Crippen LogP contribution in [0.15, 0.2) is 0 Å². The van der Waals surface area contributed by atoms with Gasteiger partial charge in [-0.1, -0.05) is 0 Å². The predicted octanol–water partition coefficient (Wildman–Crippen LogP) is 0.617. The van der Waals surface area contributed by atoms with Crippen LogP contribution in [0.3, 0.4) is 0 Å². The third kappa shape index (κ3) is 3.23. The summed E-state index contributed by atoms with van der Waals surface area (Å²) in [4.78, 5) is 12.6. The first-order chi connectivity index (χ1) is 5.49. The fourth-order valence-electron chi connectivity index (χ4n) is 0.471. The van der Waals surface area contributed by atoms with Crippen molar-refractivity contribution in [2.45, 2.75) is 19.9 Å². The van der Waals surface area contributed by atoms with E-state index in [1.165, 1.54) is 12.0 Å². The van der Waals surface area contributed by atoms with Crippen molar-refractivity contribution in [2.75, 3.05) is 14.2 Å². The molecule has 0 aromatic rings. The molecule has 5 nitrogen and oxygen atoms in total. The first kappa shape index (κ1) is 10.7. The van der Waals surface area contributed by atoms with Gasteiger partial charge in [0.2, 0.25) is 0 Å². The highest BCUT2D eigenvalue weighted by Gasteiger charge is 2.12. The summed E-state index contributed by atoms with van der Waals surface area (Å²) in [6, 6.07) is -0.473. The monoisotopic (exact) mass is 173 g/mol. The van der Waals surface area contributed by atoms with E-state index in [0.717, 1.165) is 0 Å². The molecule has 0 aliphatic rings. The summed E-state index contributed by atoms with van der Waals surface area (Å²) in [5, 5.41) is 9.28. The van der Waals surface area contributed by atoms with Crippen LogP contribution in [0, 0.1) is 5.41 Å². The number of nitrogens with one attached hydrogen (secondary N) is 2. The highest BCUT2D eigenvalue weighted by atomic mass is 16.5. The molecule has 0 rings (SSSR count). The lowest BCUT2D eigenvalue weighted by atomic mass is 10.4. The Kier molecular flexibility index (Phi) is 4.10. The number of hydrogen-bond acceptors (Lipinski definition) is 3. The van der Waals surface area contributed by atoms with Crippen molar-refractivity contribution in [1.82, 2.24) is 10.2 Å². The Labute approximate surface area is 72.2 Å². The summed E-state index contributed by atoms with van der Waals surface area (Å²) in [7, 11) is 2.99. The van der Waals surface area contributed by atoms with Crippen molar-refractivity contribution in [3.05, 3.63) is 0 Å². The van der Waals surface area contributed by atoms with Gasteiger partial charge >= 0.3 is 6.03 Å². The van der Waals surface area contributed by atoms with Crippen molar-refractivity contribution >= 4 is 12.1 Å². The van der Waals surface area contributed by atoms with E-state index in [0.29, 0.717) is 0 Å².